The second-order valence-corrected chi connectivity index (χ2v) is 4.35. The third kappa shape index (κ3) is 3.40. The Morgan fingerprint density at radius 2 is 2.18 bits per heavy atom. The van der Waals surface area contributed by atoms with E-state index >= 15 is 0 Å². The summed E-state index contributed by atoms with van der Waals surface area (Å²) in [6, 6.07) is 0. The maximum atomic E-state index is 4.34. The predicted molar refractivity (Wildman–Crippen MR) is 49.0 cm³/mol. The van der Waals surface area contributed by atoms with Crippen LogP contribution in [0, 0.1) is 5.41 Å². The normalized spacial score (nSPS) is 18.3. The van der Waals surface area contributed by atoms with E-state index < -0.39 is 0 Å². The molecule has 2 heteroatoms. The number of nitrogens with one attached hydrogen (secondary N) is 1. The van der Waals surface area contributed by atoms with Crippen molar-refractivity contribution in [2.45, 2.75) is 33.6 Å². The van der Waals surface area contributed by atoms with Crippen LogP contribution in [0.15, 0.2) is 4.99 Å². The zero-order valence-electron chi connectivity index (χ0n) is 7.78. The summed E-state index contributed by atoms with van der Waals surface area (Å²) < 4.78 is 0. The summed E-state index contributed by atoms with van der Waals surface area (Å²) >= 11 is 0. The lowest BCUT2D eigenvalue weighted by molar-refractivity contribution is 0.408. The highest BCUT2D eigenvalue weighted by Crippen LogP contribution is 2.11. The van der Waals surface area contributed by atoms with Gasteiger partial charge in [-0.25, -0.2) is 0 Å². The molecule has 1 aliphatic heterocycles. The van der Waals surface area contributed by atoms with Crippen molar-refractivity contribution >= 4 is 5.84 Å². The van der Waals surface area contributed by atoms with Gasteiger partial charge >= 0.3 is 0 Å². The molecule has 1 aliphatic rings. The van der Waals surface area contributed by atoms with E-state index in [0.29, 0.717) is 5.41 Å². The molecule has 1 heterocycles. The number of hydrogen-bond acceptors (Lipinski definition) is 2. The van der Waals surface area contributed by atoms with Gasteiger partial charge in [-0.05, 0) is 11.8 Å². The van der Waals surface area contributed by atoms with Crippen LogP contribution in [0.1, 0.15) is 33.6 Å². The van der Waals surface area contributed by atoms with Gasteiger partial charge in [0, 0.05) is 19.5 Å². The van der Waals surface area contributed by atoms with E-state index in [4.69, 9.17) is 0 Å². The standard InChI is InChI=1S/C9H18N2/c1-9(2,3)7-11-8-5-4-6-10-8/h4-7H2,1-3H3,(H,10,11). The summed E-state index contributed by atoms with van der Waals surface area (Å²) in [5.41, 5.74) is 0.366. The van der Waals surface area contributed by atoms with E-state index in [9.17, 15) is 0 Å². The Labute approximate surface area is 69.1 Å². The highest BCUT2D eigenvalue weighted by Gasteiger charge is 2.12. The topological polar surface area (TPSA) is 24.4 Å². The molecule has 0 saturated carbocycles. The van der Waals surface area contributed by atoms with Crippen LogP contribution in [0.25, 0.3) is 0 Å². The van der Waals surface area contributed by atoms with Crippen molar-refractivity contribution in [1.82, 2.24) is 5.32 Å². The molecule has 11 heavy (non-hydrogen) atoms. The molecular formula is C9H18N2. The fourth-order valence-corrected chi connectivity index (χ4v) is 1.05. The summed E-state index contributed by atoms with van der Waals surface area (Å²) in [5.74, 6) is 1.21. The third-order valence-electron chi connectivity index (χ3n) is 1.70. The van der Waals surface area contributed by atoms with E-state index in [1.165, 1.54) is 12.3 Å². The van der Waals surface area contributed by atoms with Crippen LogP contribution in [0.5, 0.6) is 0 Å². The second-order valence-electron chi connectivity index (χ2n) is 4.35. The van der Waals surface area contributed by atoms with Crippen molar-refractivity contribution in [1.29, 1.82) is 0 Å². The maximum Gasteiger partial charge on any atom is 0.0963 e. The first-order valence-electron chi connectivity index (χ1n) is 4.35. The van der Waals surface area contributed by atoms with Crippen LogP contribution in [-0.2, 0) is 0 Å². The molecule has 0 fully saturated rings. The summed E-state index contributed by atoms with van der Waals surface area (Å²) in [4.78, 5) is 4.34. The fourth-order valence-electron chi connectivity index (χ4n) is 1.05. The Morgan fingerprint density at radius 3 is 2.64 bits per heavy atom. The Bertz CT molecular complexity index is 153. The monoisotopic (exact) mass is 154 g/mol. The molecule has 0 aromatic rings. The van der Waals surface area contributed by atoms with Crippen LogP contribution in [-0.4, -0.2) is 18.9 Å². The molecule has 0 unspecified atom stereocenters. The number of rotatable bonds is 1. The lowest BCUT2D eigenvalue weighted by Crippen LogP contribution is -2.31. The lowest BCUT2D eigenvalue weighted by atomic mass is 9.97. The van der Waals surface area contributed by atoms with E-state index in [1.807, 2.05) is 0 Å². The predicted octanol–water partition coefficient (Wildman–Crippen LogP) is 1.81. The summed E-state index contributed by atoms with van der Waals surface area (Å²) in [6.45, 7) is 8.75. The van der Waals surface area contributed by atoms with Crippen LogP contribution < -0.4 is 5.32 Å². The Morgan fingerprint density at radius 1 is 1.45 bits per heavy atom. The first kappa shape index (κ1) is 8.57. The van der Waals surface area contributed by atoms with Gasteiger partial charge in [-0.2, -0.15) is 0 Å². The Kier molecular flexibility index (Phi) is 2.53. The summed E-state index contributed by atoms with van der Waals surface area (Å²) in [6.07, 6.45) is 2.38. The van der Waals surface area contributed by atoms with Gasteiger partial charge in [0.1, 0.15) is 0 Å². The molecule has 2 nitrogen and oxygen atoms in total. The SMILES string of the molecule is CC(C)(C)CNC1=NCCC1. The summed E-state index contributed by atoms with van der Waals surface area (Å²) in [7, 11) is 0. The zero-order chi connectivity index (χ0) is 8.32. The number of aliphatic imine (C=N–C) groups is 1. The summed E-state index contributed by atoms with van der Waals surface area (Å²) in [5, 5.41) is 3.37. The average molecular weight is 154 g/mol. The number of hydrogen-bond donors (Lipinski definition) is 1. The average Bonchev–Trinajstić information content (AvgIpc) is 2.32. The molecule has 64 valence electrons. The second kappa shape index (κ2) is 3.24. The fraction of sp³-hybridized carbons (Fsp3) is 0.889. The van der Waals surface area contributed by atoms with Crippen molar-refractivity contribution in [3.8, 4) is 0 Å². The molecule has 1 N–H and O–H groups in total. The largest absolute Gasteiger partial charge is 0.373 e. The number of amidine groups is 1. The third-order valence-corrected chi connectivity index (χ3v) is 1.70. The van der Waals surface area contributed by atoms with Gasteiger partial charge in [0.2, 0.25) is 0 Å². The Hall–Kier alpha value is -0.530. The van der Waals surface area contributed by atoms with Gasteiger partial charge in [-0.3, -0.25) is 4.99 Å². The molecule has 1 rings (SSSR count). The molecule has 0 radical (unpaired) electrons. The molecule has 0 spiro atoms. The van der Waals surface area contributed by atoms with Gasteiger partial charge in [0.15, 0.2) is 0 Å². The van der Waals surface area contributed by atoms with Crippen LogP contribution in [0.3, 0.4) is 0 Å². The van der Waals surface area contributed by atoms with Crippen molar-refractivity contribution in [3.63, 3.8) is 0 Å². The highest BCUT2D eigenvalue weighted by molar-refractivity contribution is 5.83. The molecule has 0 saturated heterocycles. The lowest BCUT2D eigenvalue weighted by Gasteiger charge is -2.19. The smallest absolute Gasteiger partial charge is 0.0963 e. The van der Waals surface area contributed by atoms with E-state index in [1.54, 1.807) is 0 Å². The van der Waals surface area contributed by atoms with E-state index in [-0.39, 0.29) is 0 Å². The van der Waals surface area contributed by atoms with Gasteiger partial charge in [0.05, 0.1) is 5.84 Å². The Balaban J connectivity index is 2.22. The molecule has 0 aromatic carbocycles. The van der Waals surface area contributed by atoms with E-state index in [0.717, 1.165) is 19.5 Å². The van der Waals surface area contributed by atoms with Crippen molar-refractivity contribution in [2.24, 2.45) is 10.4 Å². The molecule has 0 aromatic heterocycles. The minimum absolute atomic E-state index is 0.366. The minimum atomic E-state index is 0.366. The first-order chi connectivity index (χ1) is 5.08. The minimum Gasteiger partial charge on any atom is -0.373 e. The molecule has 0 atom stereocenters. The highest BCUT2D eigenvalue weighted by atomic mass is 15.0. The van der Waals surface area contributed by atoms with Crippen LogP contribution in [0.4, 0.5) is 0 Å². The molecule has 0 bridgehead atoms. The molecule has 0 aliphatic carbocycles. The van der Waals surface area contributed by atoms with E-state index in [2.05, 4.69) is 31.1 Å². The zero-order valence-corrected chi connectivity index (χ0v) is 7.78. The quantitative estimate of drug-likeness (QED) is 0.612. The van der Waals surface area contributed by atoms with Gasteiger partial charge < -0.3 is 5.32 Å². The van der Waals surface area contributed by atoms with Crippen molar-refractivity contribution in [2.75, 3.05) is 13.1 Å². The van der Waals surface area contributed by atoms with Crippen molar-refractivity contribution in [3.05, 3.63) is 0 Å². The van der Waals surface area contributed by atoms with Crippen LogP contribution in [0.2, 0.25) is 0 Å². The maximum absolute atomic E-state index is 4.34. The molecule has 0 amide bonds. The van der Waals surface area contributed by atoms with Gasteiger partial charge in [-0.1, -0.05) is 20.8 Å². The van der Waals surface area contributed by atoms with Gasteiger partial charge in [0.25, 0.3) is 0 Å². The van der Waals surface area contributed by atoms with Gasteiger partial charge in [-0.15, -0.1) is 0 Å². The molecular weight excluding hydrogens is 136 g/mol. The van der Waals surface area contributed by atoms with Crippen LogP contribution >= 0.6 is 0 Å². The number of nitrogens with zero attached hydrogens (tertiary/aromatic N) is 1. The first-order valence-corrected chi connectivity index (χ1v) is 4.35. The van der Waals surface area contributed by atoms with Crippen molar-refractivity contribution < 1.29 is 0 Å².